The standard InChI is InChI=1S/C25H25N3O2/c1-4-5-10-23-22(24(25(29)30-3)28-17(2)27-23)15-18-11-13-19(14-12-18)21-9-7-6-8-20(21)16-26/h6-9,11-14H,4-5,10,15H2,1-3H3. The van der Waals surface area contributed by atoms with Crippen molar-refractivity contribution in [2.24, 2.45) is 0 Å². The maximum absolute atomic E-state index is 12.4. The van der Waals surface area contributed by atoms with Gasteiger partial charge in [-0.3, -0.25) is 0 Å². The van der Waals surface area contributed by atoms with Crippen molar-refractivity contribution in [2.75, 3.05) is 7.11 Å². The van der Waals surface area contributed by atoms with Gasteiger partial charge in [-0.05, 0) is 42.5 Å². The number of nitriles is 1. The number of unbranched alkanes of at least 4 members (excludes halogenated alkanes) is 1. The Morgan fingerprint density at radius 2 is 1.83 bits per heavy atom. The van der Waals surface area contributed by atoms with Crippen molar-refractivity contribution >= 4 is 5.97 Å². The average Bonchev–Trinajstić information content (AvgIpc) is 2.78. The van der Waals surface area contributed by atoms with Gasteiger partial charge in [-0.2, -0.15) is 5.26 Å². The lowest BCUT2D eigenvalue weighted by molar-refractivity contribution is 0.0592. The van der Waals surface area contributed by atoms with Gasteiger partial charge in [0.05, 0.1) is 18.7 Å². The summed E-state index contributed by atoms with van der Waals surface area (Å²) in [6, 6.07) is 17.8. The van der Waals surface area contributed by atoms with Crippen LogP contribution in [0, 0.1) is 18.3 Å². The Balaban J connectivity index is 1.97. The van der Waals surface area contributed by atoms with E-state index in [0.717, 1.165) is 47.2 Å². The first-order valence-electron chi connectivity index (χ1n) is 10.1. The maximum Gasteiger partial charge on any atom is 0.357 e. The van der Waals surface area contributed by atoms with Crippen molar-refractivity contribution < 1.29 is 9.53 Å². The molecule has 0 aliphatic rings. The summed E-state index contributed by atoms with van der Waals surface area (Å²) in [6.45, 7) is 3.93. The van der Waals surface area contributed by atoms with Gasteiger partial charge in [-0.15, -0.1) is 0 Å². The minimum atomic E-state index is -0.437. The summed E-state index contributed by atoms with van der Waals surface area (Å²) in [7, 11) is 1.37. The number of hydrogen-bond acceptors (Lipinski definition) is 5. The summed E-state index contributed by atoms with van der Waals surface area (Å²) >= 11 is 0. The van der Waals surface area contributed by atoms with Crippen LogP contribution in [-0.2, 0) is 17.6 Å². The SMILES string of the molecule is CCCCc1nc(C)nc(C(=O)OC)c1Cc1ccc(-c2ccccc2C#N)cc1. The Morgan fingerprint density at radius 3 is 2.50 bits per heavy atom. The van der Waals surface area contributed by atoms with Crippen LogP contribution in [0.5, 0.6) is 0 Å². The van der Waals surface area contributed by atoms with Crippen molar-refractivity contribution in [1.29, 1.82) is 5.26 Å². The number of nitrogens with zero attached hydrogens (tertiary/aromatic N) is 3. The number of methoxy groups -OCH3 is 1. The molecule has 152 valence electrons. The van der Waals surface area contributed by atoms with E-state index in [2.05, 4.69) is 23.0 Å². The number of rotatable bonds is 7. The topological polar surface area (TPSA) is 75.9 Å². The zero-order valence-electron chi connectivity index (χ0n) is 17.6. The second-order valence-corrected chi connectivity index (χ2v) is 7.17. The van der Waals surface area contributed by atoms with E-state index < -0.39 is 5.97 Å². The molecular formula is C25H25N3O2. The number of hydrogen-bond donors (Lipinski definition) is 0. The fraction of sp³-hybridized carbons (Fsp3) is 0.280. The monoisotopic (exact) mass is 399 g/mol. The molecule has 0 radical (unpaired) electrons. The highest BCUT2D eigenvalue weighted by Crippen LogP contribution is 2.25. The second-order valence-electron chi connectivity index (χ2n) is 7.17. The molecular weight excluding hydrogens is 374 g/mol. The van der Waals surface area contributed by atoms with Crippen LogP contribution in [0.3, 0.4) is 0 Å². The van der Waals surface area contributed by atoms with Crippen LogP contribution in [0.4, 0.5) is 0 Å². The van der Waals surface area contributed by atoms with E-state index in [4.69, 9.17) is 4.74 Å². The minimum absolute atomic E-state index is 0.343. The minimum Gasteiger partial charge on any atom is -0.464 e. The number of carbonyl (C=O) groups excluding carboxylic acids is 1. The first kappa shape index (κ1) is 21.2. The molecule has 0 spiro atoms. The maximum atomic E-state index is 12.4. The van der Waals surface area contributed by atoms with E-state index in [1.165, 1.54) is 7.11 Å². The molecule has 30 heavy (non-hydrogen) atoms. The van der Waals surface area contributed by atoms with Gasteiger partial charge in [-0.25, -0.2) is 14.8 Å². The molecule has 0 atom stereocenters. The lowest BCUT2D eigenvalue weighted by atomic mass is 9.95. The van der Waals surface area contributed by atoms with Gasteiger partial charge in [0.2, 0.25) is 0 Å². The largest absolute Gasteiger partial charge is 0.464 e. The molecule has 0 aliphatic carbocycles. The number of aromatic nitrogens is 2. The van der Waals surface area contributed by atoms with E-state index in [9.17, 15) is 10.1 Å². The highest BCUT2D eigenvalue weighted by molar-refractivity contribution is 5.89. The second kappa shape index (κ2) is 9.80. The van der Waals surface area contributed by atoms with Crippen molar-refractivity contribution in [1.82, 2.24) is 9.97 Å². The molecule has 5 heteroatoms. The van der Waals surface area contributed by atoms with Crippen LogP contribution in [0.1, 0.15) is 58.5 Å². The average molecular weight is 399 g/mol. The Bertz CT molecular complexity index is 1080. The van der Waals surface area contributed by atoms with Crippen LogP contribution >= 0.6 is 0 Å². The van der Waals surface area contributed by atoms with Gasteiger partial charge in [0.25, 0.3) is 0 Å². The highest BCUT2D eigenvalue weighted by Gasteiger charge is 2.20. The molecule has 0 saturated carbocycles. The molecule has 5 nitrogen and oxygen atoms in total. The summed E-state index contributed by atoms with van der Waals surface area (Å²) in [5.74, 6) is 0.140. The van der Waals surface area contributed by atoms with Gasteiger partial charge >= 0.3 is 5.97 Å². The van der Waals surface area contributed by atoms with Crippen LogP contribution in [0.15, 0.2) is 48.5 Å². The van der Waals surface area contributed by atoms with Gasteiger partial charge < -0.3 is 4.74 Å². The summed E-state index contributed by atoms with van der Waals surface area (Å²) in [5.41, 5.74) is 5.65. The smallest absolute Gasteiger partial charge is 0.357 e. The number of benzene rings is 2. The fourth-order valence-electron chi connectivity index (χ4n) is 3.49. The summed E-state index contributed by atoms with van der Waals surface area (Å²) in [5, 5.41) is 9.35. The number of esters is 1. The van der Waals surface area contributed by atoms with Crippen LogP contribution in [-0.4, -0.2) is 23.0 Å². The Kier molecular flexibility index (Phi) is 6.92. The molecule has 0 unspecified atom stereocenters. The molecule has 2 aromatic carbocycles. The van der Waals surface area contributed by atoms with E-state index >= 15 is 0 Å². The van der Waals surface area contributed by atoms with Gasteiger partial charge in [-0.1, -0.05) is 55.8 Å². The molecule has 0 amide bonds. The van der Waals surface area contributed by atoms with E-state index in [0.29, 0.717) is 23.5 Å². The van der Waals surface area contributed by atoms with Crippen LogP contribution in [0.25, 0.3) is 11.1 Å². The number of aryl methyl sites for hydroxylation is 2. The predicted octanol–water partition coefficient (Wildman–Crippen LogP) is 5.04. The molecule has 3 aromatic rings. The van der Waals surface area contributed by atoms with Gasteiger partial charge in [0, 0.05) is 17.7 Å². The fourth-order valence-corrected chi connectivity index (χ4v) is 3.49. The first-order chi connectivity index (χ1) is 14.6. The van der Waals surface area contributed by atoms with Crippen LogP contribution in [0.2, 0.25) is 0 Å². The number of carbonyl (C=O) groups is 1. The summed E-state index contributed by atoms with van der Waals surface area (Å²) in [6.07, 6.45) is 3.38. The molecule has 1 aromatic heterocycles. The van der Waals surface area contributed by atoms with E-state index in [-0.39, 0.29) is 0 Å². The third kappa shape index (κ3) is 4.72. The van der Waals surface area contributed by atoms with E-state index in [1.54, 1.807) is 6.92 Å². The normalized spacial score (nSPS) is 10.5. The molecule has 0 saturated heterocycles. The zero-order chi connectivity index (χ0) is 21.5. The molecule has 0 N–H and O–H groups in total. The van der Waals surface area contributed by atoms with Crippen molar-refractivity contribution in [3.05, 3.63) is 82.4 Å². The summed E-state index contributed by atoms with van der Waals surface area (Å²) < 4.78 is 4.97. The third-order valence-electron chi connectivity index (χ3n) is 5.04. The predicted molar refractivity (Wildman–Crippen MR) is 116 cm³/mol. The molecule has 0 fully saturated rings. The Hall–Kier alpha value is -3.52. The van der Waals surface area contributed by atoms with Gasteiger partial charge in [0.1, 0.15) is 5.82 Å². The summed E-state index contributed by atoms with van der Waals surface area (Å²) in [4.78, 5) is 21.4. The Labute approximate surface area is 177 Å². The molecule has 0 bridgehead atoms. The lowest BCUT2D eigenvalue weighted by Gasteiger charge is -2.14. The van der Waals surface area contributed by atoms with Crippen molar-refractivity contribution in [3.63, 3.8) is 0 Å². The zero-order valence-corrected chi connectivity index (χ0v) is 17.6. The van der Waals surface area contributed by atoms with Crippen molar-refractivity contribution in [2.45, 2.75) is 39.5 Å². The molecule has 1 heterocycles. The Morgan fingerprint density at radius 1 is 1.10 bits per heavy atom. The lowest BCUT2D eigenvalue weighted by Crippen LogP contribution is -2.15. The third-order valence-corrected chi connectivity index (χ3v) is 5.04. The quantitative estimate of drug-likeness (QED) is 0.520. The number of ether oxygens (including phenoxy) is 1. The van der Waals surface area contributed by atoms with Gasteiger partial charge in [0.15, 0.2) is 5.69 Å². The molecule has 3 rings (SSSR count). The van der Waals surface area contributed by atoms with E-state index in [1.807, 2.05) is 48.5 Å². The highest BCUT2D eigenvalue weighted by atomic mass is 16.5. The van der Waals surface area contributed by atoms with Crippen molar-refractivity contribution in [3.8, 4) is 17.2 Å². The molecule has 0 aliphatic heterocycles. The first-order valence-corrected chi connectivity index (χ1v) is 10.1. The van der Waals surface area contributed by atoms with Crippen LogP contribution < -0.4 is 0 Å².